The predicted molar refractivity (Wildman–Crippen MR) is 44.1 cm³/mol. The lowest BCUT2D eigenvalue weighted by atomic mass is 10.1. The molecule has 1 saturated heterocycles. The molecule has 12 heavy (non-hydrogen) atoms. The minimum absolute atomic E-state index is 0.172. The molecule has 0 aliphatic carbocycles. The molecule has 1 fully saturated rings. The van der Waals surface area contributed by atoms with Gasteiger partial charge in [0.2, 0.25) is 0 Å². The van der Waals surface area contributed by atoms with E-state index in [1.54, 1.807) is 0 Å². The molecule has 5 heteroatoms. The topological polar surface area (TPSA) is 64.7 Å². The molecule has 0 aromatic rings. The maximum atomic E-state index is 10.8. The van der Waals surface area contributed by atoms with E-state index in [0.29, 0.717) is 13.1 Å². The molecule has 0 amide bonds. The third kappa shape index (κ3) is 2.56. The van der Waals surface area contributed by atoms with Crippen LogP contribution in [0, 0.1) is 10.4 Å². The Hall–Kier alpha value is -1.00. The molecule has 0 bridgehead atoms. The van der Waals surface area contributed by atoms with Gasteiger partial charge in [-0.25, -0.2) is 0 Å². The highest BCUT2D eigenvalue weighted by molar-refractivity contribution is 4.54. The van der Waals surface area contributed by atoms with Gasteiger partial charge in [0, 0.05) is 4.97 Å². The quantitative estimate of drug-likeness (QED) is 0.343. The standard InChI is InChI=1S/C7H15N3O2/c11-8-10(12)9-6-4-2-1-3-5-7-9/h11H,1-7H2/p-1/b10-8+. The van der Waals surface area contributed by atoms with Gasteiger partial charge in [0.05, 0.1) is 13.1 Å². The maximum Gasteiger partial charge on any atom is 0.0767 e. The number of nitrogens with zero attached hydrogens (tertiary/aromatic N) is 3. The molecule has 0 aromatic heterocycles. The first-order chi connectivity index (χ1) is 5.84. The summed E-state index contributed by atoms with van der Waals surface area (Å²) in [7, 11) is 0. The molecule has 5 nitrogen and oxygen atoms in total. The summed E-state index contributed by atoms with van der Waals surface area (Å²) in [6.45, 7) is 1.32. The van der Waals surface area contributed by atoms with Crippen LogP contribution in [0.1, 0.15) is 32.1 Å². The highest BCUT2D eigenvalue weighted by Gasteiger charge is 2.12. The molecule has 0 spiro atoms. The average Bonchev–Trinajstić information content (AvgIpc) is 2.02. The van der Waals surface area contributed by atoms with Crippen LogP contribution < -0.4 is 0 Å². The van der Waals surface area contributed by atoms with Gasteiger partial charge in [-0.05, 0) is 18.1 Å². The third-order valence-electron chi connectivity index (χ3n) is 2.14. The van der Waals surface area contributed by atoms with Gasteiger partial charge in [-0.1, -0.05) is 19.3 Å². The Morgan fingerprint density at radius 3 is 2.00 bits per heavy atom. The lowest BCUT2D eigenvalue weighted by Crippen LogP contribution is -2.33. The average molecular weight is 172 g/mol. The highest BCUT2D eigenvalue weighted by Crippen LogP contribution is 2.10. The van der Waals surface area contributed by atoms with Gasteiger partial charge in [0.25, 0.3) is 0 Å². The van der Waals surface area contributed by atoms with Crippen molar-refractivity contribution in [3.05, 3.63) is 10.4 Å². The molecular weight excluding hydrogens is 158 g/mol. The van der Waals surface area contributed by atoms with E-state index >= 15 is 0 Å². The van der Waals surface area contributed by atoms with Crippen LogP contribution in [0.3, 0.4) is 0 Å². The highest BCUT2D eigenvalue weighted by atomic mass is 16.6. The van der Waals surface area contributed by atoms with E-state index in [4.69, 9.17) is 0 Å². The SMILES string of the molecule is [O-]/N=[N+](/[O-])N1CCCCCCC1. The zero-order valence-corrected chi connectivity index (χ0v) is 7.11. The van der Waals surface area contributed by atoms with Gasteiger partial charge in [0.1, 0.15) is 0 Å². The second-order valence-electron chi connectivity index (χ2n) is 3.06. The smallest absolute Gasteiger partial charge is 0.0767 e. The molecule has 1 aliphatic heterocycles. The lowest BCUT2D eigenvalue weighted by molar-refractivity contribution is -0.691. The summed E-state index contributed by atoms with van der Waals surface area (Å²) < 4.78 is 0. The van der Waals surface area contributed by atoms with Gasteiger partial charge in [-0.15, -0.1) is 5.01 Å². The first-order valence-corrected chi connectivity index (χ1v) is 4.40. The zero-order chi connectivity index (χ0) is 8.81. The summed E-state index contributed by atoms with van der Waals surface area (Å²) in [5.41, 5.74) is 0. The Morgan fingerprint density at radius 2 is 1.50 bits per heavy atom. The van der Waals surface area contributed by atoms with E-state index in [-0.39, 0.29) is 4.97 Å². The molecule has 1 rings (SSSR count). The summed E-state index contributed by atoms with van der Waals surface area (Å²) in [6, 6.07) is 0. The van der Waals surface area contributed by atoms with Crippen molar-refractivity contribution in [2.45, 2.75) is 32.1 Å². The van der Waals surface area contributed by atoms with Crippen LogP contribution in [0.25, 0.3) is 0 Å². The van der Waals surface area contributed by atoms with Crippen LogP contribution in [0.15, 0.2) is 5.28 Å². The molecule has 0 aromatic carbocycles. The Bertz CT molecular complexity index is 153. The van der Waals surface area contributed by atoms with E-state index in [9.17, 15) is 10.4 Å². The van der Waals surface area contributed by atoms with E-state index in [1.807, 2.05) is 0 Å². The van der Waals surface area contributed by atoms with Crippen LogP contribution in [-0.2, 0) is 0 Å². The fourth-order valence-electron chi connectivity index (χ4n) is 1.45. The van der Waals surface area contributed by atoms with Crippen LogP contribution >= 0.6 is 0 Å². The Kier molecular flexibility index (Phi) is 3.63. The minimum Gasteiger partial charge on any atom is -0.737 e. The minimum atomic E-state index is 0.172. The van der Waals surface area contributed by atoms with Gasteiger partial charge < -0.3 is 10.4 Å². The van der Waals surface area contributed by atoms with Crippen molar-refractivity contribution < 1.29 is 4.97 Å². The molecule has 0 unspecified atom stereocenters. The Balaban J connectivity index is 2.39. The first kappa shape index (κ1) is 9.09. The fourth-order valence-corrected chi connectivity index (χ4v) is 1.45. The monoisotopic (exact) mass is 172 g/mol. The van der Waals surface area contributed by atoms with Crippen molar-refractivity contribution in [1.82, 2.24) is 5.01 Å². The van der Waals surface area contributed by atoms with Gasteiger partial charge in [-0.2, -0.15) is 0 Å². The Labute approximate surface area is 71.8 Å². The molecule has 0 atom stereocenters. The predicted octanol–water partition coefficient (Wildman–Crippen LogP) is 1.63. The van der Waals surface area contributed by atoms with Crippen molar-refractivity contribution in [2.75, 3.05) is 13.1 Å². The van der Waals surface area contributed by atoms with Crippen LogP contribution in [0.5, 0.6) is 0 Å². The number of rotatable bonds is 1. The normalized spacial score (nSPS) is 21.7. The van der Waals surface area contributed by atoms with Crippen LogP contribution in [0.4, 0.5) is 0 Å². The van der Waals surface area contributed by atoms with Crippen molar-refractivity contribution in [3.8, 4) is 0 Å². The molecule has 70 valence electrons. The second-order valence-corrected chi connectivity index (χ2v) is 3.06. The molecule has 0 N–H and O–H groups in total. The number of hydrazine groups is 1. The summed E-state index contributed by atoms with van der Waals surface area (Å²) in [6.07, 6.45) is 5.48. The summed E-state index contributed by atoms with van der Waals surface area (Å²) in [5, 5.41) is 24.5. The summed E-state index contributed by atoms with van der Waals surface area (Å²) >= 11 is 0. The number of hydrogen-bond donors (Lipinski definition) is 0. The van der Waals surface area contributed by atoms with Crippen molar-refractivity contribution in [2.24, 2.45) is 5.28 Å². The van der Waals surface area contributed by atoms with Crippen molar-refractivity contribution in [1.29, 1.82) is 0 Å². The van der Waals surface area contributed by atoms with Crippen LogP contribution in [-0.4, -0.2) is 23.1 Å². The van der Waals surface area contributed by atoms with Gasteiger partial charge in [-0.3, -0.25) is 0 Å². The largest absolute Gasteiger partial charge is 0.737 e. The van der Waals surface area contributed by atoms with Crippen molar-refractivity contribution in [3.63, 3.8) is 0 Å². The number of hydrogen-bond acceptors (Lipinski definition) is 3. The third-order valence-corrected chi connectivity index (χ3v) is 2.14. The first-order valence-electron chi connectivity index (χ1n) is 4.40. The molecule has 1 heterocycles. The van der Waals surface area contributed by atoms with Gasteiger partial charge in [0.15, 0.2) is 0 Å². The summed E-state index contributed by atoms with van der Waals surface area (Å²) in [5.74, 6) is 0. The second kappa shape index (κ2) is 4.79. The van der Waals surface area contributed by atoms with E-state index in [1.165, 1.54) is 11.4 Å². The zero-order valence-electron chi connectivity index (χ0n) is 7.11. The maximum absolute atomic E-state index is 10.8. The van der Waals surface area contributed by atoms with E-state index in [0.717, 1.165) is 25.7 Å². The molecule has 1 aliphatic rings. The fraction of sp³-hybridized carbons (Fsp3) is 1.00. The molecule has 0 saturated carbocycles. The summed E-state index contributed by atoms with van der Waals surface area (Å²) in [4.78, 5) is 0.172. The van der Waals surface area contributed by atoms with Gasteiger partial charge >= 0.3 is 0 Å². The Morgan fingerprint density at radius 1 is 1.00 bits per heavy atom. The van der Waals surface area contributed by atoms with E-state index in [2.05, 4.69) is 5.28 Å². The molecule has 0 radical (unpaired) electrons. The van der Waals surface area contributed by atoms with E-state index < -0.39 is 0 Å². The van der Waals surface area contributed by atoms with Crippen molar-refractivity contribution >= 4 is 0 Å². The van der Waals surface area contributed by atoms with Crippen LogP contribution in [0.2, 0.25) is 0 Å². The lowest BCUT2D eigenvalue weighted by Gasteiger charge is -2.21. The molecular formula is C7H14N3O2-.